The van der Waals surface area contributed by atoms with Crippen LogP contribution < -0.4 is 10.3 Å². The van der Waals surface area contributed by atoms with Gasteiger partial charge in [0.05, 0.1) is 23.7 Å². The Labute approximate surface area is 168 Å². The van der Waals surface area contributed by atoms with E-state index >= 15 is 0 Å². The Hall–Kier alpha value is -3.79. The van der Waals surface area contributed by atoms with Crippen molar-refractivity contribution in [2.45, 2.75) is 10.2 Å². The van der Waals surface area contributed by atoms with Gasteiger partial charge in [0.1, 0.15) is 10.8 Å². The number of hydrogen-bond donors (Lipinski definition) is 0. The lowest BCUT2D eigenvalue weighted by molar-refractivity contribution is 0.414. The third kappa shape index (κ3) is 3.09. The molecule has 0 aliphatic carbocycles. The Morgan fingerprint density at radius 2 is 1.93 bits per heavy atom. The van der Waals surface area contributed by atoms with Crippen molar-refractivity contribution in [3.05, 3.63) is 71.0 Å². The van der Waals surface area contributed by atoms with E-state index in [2.05, 4.69) is 20.6 Å². The summed E-state index contributed by atoms with van der Waals surface area (Å²) >= 11 is 1.25. The van der Waals surface area contributed by atoms with Gasteiger partial charge in [-0.25, -0.2) is 4.98 Å². The summed E-state index contributed by atoms with van der Waals surface area (Å²) in [5, 5.41) is 17.2. The largest absolute Gasteiger partial charge is 0.497 e. The van der Waals surface area contributed by atoms with Crippen LogP contribution in [-0.2, 0) is 0 Å². The highest BCUT2D eigenvalue weighted by molar-refractivity contribution is 7.99. The number of para-hydroxylation sites is 1. The highest BCUT2D eigenvalue weighted by Gasteiger charge is 2.15. The molecule has 0 saturated carbocycles. The zero-order chi connectivity index (χ0) is 19.8. The minimum absolute atomic E-state index is 0.171. The van der Waals surface area contributed by atoms with E-state index in [1.807, 2.05) is 36.4 Å². The molecule has 3 heterocycles. The highest BCUT2D eigenvalue weighted by atomic mass is 32.2. The number of ether oxygens (including phenoxy) is 1. The Morgan fingerprint density at radius 1 is 1.03 bits per heavy atom. The number of aromatic nitrogens is 7. The minimum Gasteiger partial charge on any atom is -0.497 e. The van der Waals surface area contributed by atoms with E-state index in [4.69, 9.17) is 9.72 Å². The molecule has 5 aromatic rings. The number of rotatable bonds is 4. The van der Waals surface area contributed by atoms with Crippen LogP contribution in [0.25, 0.3) is 22.2 Å². The predicted octanol–water partition coefficient (Wildman–Crippen LogP) is 2.38. The van der Waals surface area contributed by atoms with Gasteiger partial charge in [0.2, 0.25) is 0 Å². The van der Waals surface area contributed by atoms with Gasteiger partial charge in [0.15, 0.2) is 10.8 Å². The topological polar surface area (TPSA) is 100 Å². The average Bonchev–Trinajstić information content (AvgIpc) is 3.22. The van der Waals surface area contributed by atoms with E-state index in [-0.39, 0.29) is 5.56 Å². The molecule has 0 unspecified atom stereocenters. The van der Waals surface area contributed by atoms with Gasteiger partial charge < -0.3 is 4.74 Å². The van der Waals surface area contributed by atoms with Crippen LogP contribution in [0, 0.1) is 0 Å². The fourth-order valence-corrected chi connectivity index (χ4v) is 3.80. The lowest BCUT2D eigenvalue weighted by Gasteiger charge is -2.13. The van der Waals surface area contributed by atoms with Crippen LogP contribution in [0.5, 0.6) is 5.75 Å². The zero-order valence-electron chi connectivity index (χ0n) is 15.1. The molecule has 29 heavy (non-hydrogen) atoms. The van der Waals surface area contributed by atoms with Crippen LogP contribution in [0.4, 0.5) is 0 Å². The van der Waals surface area contributed by atoms with Gasteiger partial charge in [-0.05, 0) is 58.6 Å². The molecule has 3 aromatic heterocycles. The maximum absolute atomic E-state index is 13.3. The molecule has 0 aliphatic heterocycles. The third-order valence-corrected chi connectivity index (χ3v) is 5.18. The first kappa shape index (κ1) is 17.3. The van der Waals surface area contributed by atoms with Crippen LogP contribution in [0.15, 0.2) is 75.6 Å². The maximum Gasteiger partial charge on any atom is 0.266 e. The summed E-state index contributed by atoms with van der Waals surface area (Å²) in [6.07, 6.45) is 0. The summed E-state index contributed by atoms with van der Waals surface area (Å²) in [6, 6.07) is 18.1. The smallest absolute Gasteiger partial charge is 0.266 e. The van der Waals surface area contributed by atoms with Gasteiger partial charge in [-0.15, -0.1) is 14.8 Å². The van der Waals surface area contributed by atoms with E-state index in [1.165, 1.54) is 16.4 Å². The van der Waals surface area contributed by atoms with Crippen LogP contribution in [0.3, 0.4) is 0 Å². The summed E-state index contributed by atoms with van der Waals surface area (Å²) in [7, 11) is 1.58. The molecule has 0 radical (unpaired) electrons. The zero-order valence-corrected chi connectivity index (χ0v) is 15.9. The van der Waals surface area contributed by atoms with Crippen molar-refractivity contribution in [1.82, 2.24) is 34.8 Å². The molecule has 0 spiro atoms. The number of fused-ring (bicyclic) bond motifs is 2. The first-order valence-electron chi connectivity index (χ1n) is 8.62. The van der Waals surface area contributed by atoms with E-state index in [0.29, 0.717) is 38.2 Å². The maximum atomic E-state index is 13.3. The molecule has 142 valence electrons. The SMILES string of the molecule is COc1cccc(-n2c(Sc3ccc4nnnn4n3)nc3ccccc3c2=O)c1. The van der Waals surface area contributed by atoms with Gasteiger partial charge in [-0.2, -0.15) is 0 Å². The second kappa shape index (κ2) is 6.99. The normalized spacial score (nSPS) is 11.2. The van der Waals surface area contributed by atoms with Crippen molar-refractivity contribution < 1.29 is 4.74 Å². The second-order valence-electron chi connectivity index (χ2n) is 6.05. The van der Waals surface area contributed by atoms with Crippen LogP contribution in [0.2, 0.25) is 0 Å². The lowest BCUT2D eigenvalue weighted by Crippen LogP contribution is -2.21. The molecule has 0 amide bonds. The summed E-state index contributed by atoms with van der Waals surface area (Å²) in [5.41, 5.74) is 1.63. The van der Waals surface area contributed by atoms with Crippen LogP contribution in [-0.4, -0.2) is 41.9 Å². The van der Waals surface area contributed by atoms with Gasteiger partial charge in [0.25, 0.3) is 5.56 Å². The molecule has 10 heteroatoms. The van der Waals surface area contributed by atoms with E-state index < -0.39 is 0 Å². The summed E-state index contributed by atoms with van der Waals surface area (Å²) in [4.78, 5) is 18.0. The molecule has 0 fully saturated rings. The van der Waals surface area contributed by atoms with Gasteiger partial charge in [-0.3, -0.25) is 9.36 Å². The van der Waals surface area contributed by atoms with E-state index in [9.17, 15) is 4.79 Å². The van der Waals surface area contributed by atoms with Gasteiger partial charge >= 0.3 is 0 Å². The molecule has 0 bridgehead atoms. The molecule has 5 rings (SSSR count). The summed E-state index contributed by atoms with van der Waals surface area (Å²) in [6.45, 7) is 0. The first-order chi connectivity index (χ1) is 14.2. The first-order valence-corrected chi connectivity index (χ1v) is 9.44. The molecular weight excluding hydrogens is 390 g/mol. The fourth-order valence-electron chi connectivity index (χ4n) is 2.94. The fraction of sp³-hybridized carbons (Fsp3) is 0.0526. The van der Waals surface area contributed by atoms with E-state index in [1.54, 1.807) is 35.9 Å². The molecule has 0 N–H and O–H groups in total. The molecule has 0 aliphatic rings. The van der Waals surface area contributed by atoms with Gasteiger partial charge in [0, 0.05) is 6.07 Å². The van der Waals surface area contributed by atoms with Gasteiger partial charge in [-0.1, -0.05) is 18.2 Å². The monoisotopic (exact) mass is 403 g/mol. The second-order valence-corrected chi connectivity index (χ2v) is 7.04. The quantitative estimate of drug-likeness (QED) is 0.422. The average molecular weight is 403 g/mol. The number of benzene rings is 2. The van der Waals surface area contributed by atoms with Crippen molar-refractivity contribution in [2.24, 2.45) is 0 Å². The molecule has 0 atom stereocenters. The van der Waals surface area contributed by atoms with Crippen molar-refractivity contribution in [3.8, 4) is 11.4 Å². The minimum atomic E-state index is -0.171. The lowest BCUT2D eigenvalue weighted by atomic mass is 10.2. The third-order valence-electron chi connectivity index (χ3n) is 4.30. The number of nitrogens with zero attached hydrogens (tertiary/aromatic N) is 7. The van der Waals surface area contributed by atoms with Crippen LogP contribution in [0.1, 0.15) is 0 Å². The van der Waals surface area contributed by atoms with Crippen LogP contribution >= 0.6 is 11.8 Å². The van der Waals surface area contributed by atoms with Crippen molar-refractivity contribution >= 4 is 28.3 Å². The molecule has 0 saturated heterocycles. The number of hydrogen-bond acceptors (Lipinski definition) is 8. The van der Waals surface area contributed by atoms with Crippen molar-refractivity contribution in [3.63, 3.8) is 0 Å². The standard InChI is InChI=1S/C19H13N7O2S/c1-28-13-6-4-5-12(11-13)25-18(27)14-7-2-3-8-15(14)20-19(25)29-17-10-9-16-21-23-24-26(16)22-17/h2-11H,1H3. The van der Waals surface area contributed by atoms with E-state index in [0.717, 1.165) is 0 Å². The number of tetrazole rings is 1. The summed E-state index contributed by atoms with van der Waals surface area (Å²) < 4.78 is 8.21. The Bertz CT molecular complexity index is 1410. The van der Waals surface area contributed by atoms with Crippen molar-refractivity contribution in [2.75, 3.05) is 7.11 Å². The Kier molecular flexibility index (Phi) is 4.17. The highest BCUT2D eigenvalue weighted by Crippen LogP contribution is 2.28. The number of methoxy groups -OCH3 is 1. The summed E-state index contributed by atoms with van der Waals surface area (Å²) in [5.74, 6) is 0.645. The predicted molar refractivity (Wildman–Crippen MR) is 107 cm³/mol. The molecule has 9 nitrogen and oxygen atoms in total. The Balaban J connectivity index is 1.72. The molecule has 2 aromatic carbocycles. The molecular formula is C19H13N7O2S. The Morgan fingerprint density at radius 3 is 2.83 bits per heavy atom. The van der Waals surface area contributed by atoms with Crippen molar-refractivity contribution in [1.29, 1.82) is 0 Å².